The second-order valence-electron chi connectivity index (χ2n) is 9.43. The summed E-state index contributed by atoms with van der Waals surface area (Å²) in [5.74, 6) is 4.68. The number of hydrogen-bond acceptors (Lipinski definition) is 7. The summed E-state index contributed by atoms with van der Waals surface area (Å²) in [6.45, 7) is 6.93. The first-order chi connectivity index (χ1) is 17.6. The van der Waals surface area contributed by atoms with E-state index in [-0.39, 0.29) is 12.5 Å². The largest absolute Gasteiger partial charge is 0.484 e. The summed E-state index contributed by atoms with van der Waals surface area (Å²) in [6.07, 6.45) is 2.52. The molecule has 190 valence electrons. The van der Waals surface area contributed by atoms with Crippen molar-refractivity contribution < 1.29 is 19.0 Å². The lowest BCUT2D eigenvalue weighted by atomic mass is 10.00. The number of fused-ring (bicyclic) bond motifs is 2. The number of ether oxygens (including phenoxy) is 3. The molecule has 0 spiro atoms. The topological polar surface area (TPSA) is 90.7 Å². The number of carbonyl (C=O) groups is 1. The molecule has 3 aromatic rings. The van der Waals surface area contributed by atoms with E-state index in [2.05, 4.69) is 44.0 Å². The van der Waals surface area contributed by atoms with Crippen molar-refractivity contribution in [2.24, 2.45) is 5.92 Å². The van der Waals surface area contributed by atoms with Gasteiger partial charge in [0.05, 0.1) is 0 Å². The number of amides is 1. The average Bonchev–Trinajstić information content (AvgIpc) is 3.46. The molecule has 2 aliphatic heterocycles. The lowest BCUT2D eigenvalue weighted by Crippen LogP contribution is -2.32. The number of aromatic nitrogens is 3. The highest BCUT2D eigenvalue weighted by atomic mass is 16.7. The fraction of sp³-hybridized carbons (Fsp3) is 0.444. The molecule has 1 atom stereocenters. The van der Waals surface area contributed by atoms with Crippen molar-refractivity contribution in [3.8, 4) is 17.2 Å². The van der Waals surface area contributed by atoms with Crippen molar-refractivity contribution in [2.75, 3.05) is 39.6 Å². The van der Waals surface area contributed by atoms with Crippen LogP contribution in [-0.4, -0.2) is 65.2 Å². The van der Waals surface area contributed by atoms with Crippen LogP contribution >= 0.6 is 0 Å². The maximum atomic E-state index is 12.1. The van der Waals surface area contributed by atoms with Gasteiger partial charge in [-0.1, -0.05) is 31.2 Å². The number of benzene rings is 2. The number of nitrogens with one attached hydrogen (secondary N) is 1. The molecule has 0 saturated carbocycles. The Hall–Kier alpha value is -3.59. The third kappa shape index (κ3) is 6.15. The molecule has 0 bridgehead atoms. The first-order valence-corrected chi connectivity index (χ1v) is 12.6. The Morgan fingerprint density at radius 3 is 2.83 bits per heavy atom. The van der Waals surface area contributed by atoms with E-state index >= 15 is 0 Å². The van der Waals surface area contributed by atoms with Crippen LogP contribution in [0.5, 0.6) is 17.2 Å². The highest BCUT2D eigenvalue weighted by Gasteiger charge is 2.21. The SMILES string of the molecule is C[C@H](Cc1ccc2c(c1)OCO2)CN1CCc2nnc(CCNC(=O)COc3ccccc3)n2CC1. The normalized spacial score (nSPS) is 15.7. The molecular weight excluding hydrogens is 458 g/mol. The van der Waals surface area contributed by atoms with Crippen LogP contribution in [0.1, 0.15) is 24.1 Å². The first kappa shape index (κ1) is 24.1. The lowest BCUT2D eigenvalue weighted by molar-refractivity contribution is -0.123. The average molecular weight is 492 g/mol. The van der Waals surface area contributed by atoms with Crippen LogP contribution < -0.4 is 19.5 Å². The monoisotopic (exact) mass is 491 g/mol. The molecule has 1 aromatic heterocycles. The zero-order valence-electron chi connectivity index (χ0n) is 20.7. The molecule has 0 unspecified atom stereocenters. The van der Waals surface area contributed by atoms with Crippen LogP contribution in [0.25, 0.3) is 0 Å². The predicted octanol–water partition coefficient (Wildman–Crippen LogP) is 2.48. The molecular formula is C27H33N5O4. The molecule has 1 N–H and O–H groups in total. The maximum Gasteiger partial charge on any atom is 0.257 e. The van der Waals surface area contributed by atoms with Crippen LogP contribution in [-0.2, 0) is 30.6 Å². The molecule has 9 nitrogen and oxygen atoms in total. The number of rotatable bonds is 10. The lowest BCUT2D eigenvalue weighted by Gasteiger charge is -2.24. The number of nitrogens with zero attached hydrogens (tertiary/aromatic N) is 4. The van der Waals surface area contributed by atoms with E-state index in [9.17, 15) is 4.79 Å². The zero-order valence-corrected chi connectivity index (χ0v) is 20.7. The second-order valence-corrected chi connectivity index (χ2v) is 9.43. The molecule has 5 rings (SSSR count). The van der Waals surface area contributed by atoms with Crippen molar-refractivity contribution in [3.63, 3.8) is 0 Å². The molecule has 3 heterocycles. The Balaban J connectivity index is 1.06. The molecule has 9 heteroatoms. The van der Waals surface area contributed by atoms with Crippen LogP contribution in [0.2, 0.25) is 0 Å². The summed E-state index contributed by atoms with van der Waals surface area (Å²) >= 11 is 0. The zero-order chi connectivity index (χ0) is 24.7. The van der Waals surface area contributed by atoms with Gasteiger partial charge in [0.1, 0.15) is 17.4 Å². The minimum atomic E-state index is -0.142. The van der Waals surface area contributed by atoms with E-state index in [4.69, 9.17) is 14.2 Å². The Morgan fingerprint density at radius 2 is 1.94 bits per heavy atom. The fourth-order valence-corrected chi connectivity index (χ4v) is 4.80. The summed E-state index contributed by atoms with van der Waals surface area (Å²) in [6, 6.07) is 15.6. The van der Waals surface area contributed by atoms with Gasteiger partial charge in [-0.25, -0.2) is 0 Å². The van der Waals surface area contributed by atoms with Gasteiger partial charge in [-0.05, 0) is 42.2 Å². The highest BCUT2D eigenvalue weighted by molar-refractivity contribution is 5.77. The Kier molecular flexibility index (Phi) is 7.66. The molecule has 0 aliphatic carbocycles. The second kappa shape index (κ2) is 11.4. The van der Waals surface area contributed by atoms with E-state index < -0.39 is 0 Å². The Labute approximate surface area is 211 Å². The van der Waals surface area contributed by atoms with E-state index in [1.54, 1.807) is 0 Å². The minimum absolute atomic E-state index is 0.00135. The summed E-state index contributed by atoms with van der Waals surface area (Å²) in [7, 11) is 0. The van der Waals surface area contributed by atoms with Gasteiger partial charge in [-0.2, -0.15) is 0 Å². The molecule has 0 saturated heterocycles. The quantitative estimate of drug-likeness (QED) is 0.466. The van der Waals surface area contributed by atoms with Gasteiger partial charge >= 0.3 is 0 Å². The van der Waals surface area contributed by atoms with Crippen molar-refractivity contribution >= 4 is 5.91 Å². The Morgan fingerprint density at radius 1 is 1.08 bits per heavy atom. The fourth-order valence-electron chi connectivity index (χ4n) is 4.80. The highest BCUT2D eigenvalue weighted by Crippen LogP contribution is 2.33. The smallest absolute Gasteiger partial charge is 0.257 e. The molecule has 0 fully saturated rings. The third-order valence-electron chi connectivity index (χ3n) is 6.57. The van der Waals surface area contributed by atoms with Gasteiger partial charge in [0.2, 0.25) is 6.79 Å². The predicted molar refractivity (Wildman–Crippen MR) is 134 cm³/mol. The van der Waals surface area contributed by atoms with Crippen molar-refractivity contribution in [1.29, 1.82) is 0 Å². The first-order valence-electron chi connectivity index (χ1n) is 12.6. The van der Waals surface area contributed by atoms with E-state index in [0.717, 1.165) is 62.2 Å². The van der Waals surface area contributed by atoms with Gasteiger partial charge in [0.25, 0.3) is 5.91 Å². The van der Waals surface area contributed by atoms with Crippen LogP contribution in [0.15, 0.2) is 48.5 Å². The van der Waals surface area contributed by atoms with Crippen molar-refractivity contribution in [1.82, 2.24) is 25.0 Å². The van der Waals surface area contributed by atoms with Crippen LogP contribution in [0.4, 0.5) is 0 Å². The minimum Gasteiger partial charge on any atom is -0.484 e. The molecule has 36 heavy (non-hydrogen) atoms. The third-order valence-corrected chi connectivity index (χ3v) is 6.57. The molecule has 1 amide bonds. The molecule has 0 radical (unpaired) electrons. The van der Waals surface area contributed by atoms with E-state index in [1.165, 1.54) is 5.56 Å². The Bertz CT molecular complexity index is 1170. The summed E-state index contributed by atoms with van der Waals surface area (Å²) in [5, 5.41) is 11.7. The number of para-hydroxylation sites is 1. The van der Waals surface area contributed by atoms with Gasteiger partial charge in [-0.15, -0.1) is 10.2 Å². The van der Waals surface area contributed by atoms with Crippen molar-refractivity contribution in [3.05, 3.63) is 65.7 Å². The van der Waals surface area contributed by atoms with Gasteiger partial charge in [-0.3, -0.25) is 4.79 Å². The summed E-state index contributed by atoms with van der Waals surface area (Å²) in [5.41, 5.74) is 1.28. The van der Waals surface area contributed by atoms with Crippen LogP contribution in [0.3, 0.4) is 0 Å². The number of carbonyl (C=O) groups excluding carboxylic acids is 1. The maximum absolute atomic E-state index is 12.1. The van der Waals surface area contributed by atoms with Gasteiger partial charge in [0, 0.05) is 45.6 Å². The van der Waals surface area contributed by atoms with E-state index in [0.29, 0.717) is 31.4 Å². The van der Waals surface area contributed by atoms with Crippen molar-refractivity contribution in [2.45, 2.75) is 32.7 Å². The summed E-state index contributed by atoms with van der Waals surface area (Å²) < 4.78 is 18.7. The standard InChI is InChI=1S/C27H33N5O4/c1-20(15-21-7-8-23-24(16-21)36-19-35-23)17-31-12-10-26-30-29-25(32(26)14-13-31)9-11-28-27(33)18-34-22-5-3-2-4-6-22/h2-8,16,20H,9-15,17-19H2,1H3,(H,28,33)/t20-/m1/s1. The molecule has 2 aliphatic rings. The van der Waals surface area contributed by atoms with Crippen LogP contribution in [0, 0.1) is 5.92 Å². The van der Waals surface area contributed by atoms with Gasteiger partial charge in [0.15, 0.2) is 18.1 Å². The molecule has 2 aromatic carbocycles. The van der Waals surface area contributed by atoms with Gasteiger partial charge < -0.3 is 29.0 Å². The van der Waals surface area contributed by atoms with E-state index in [1.807, 2.05) is 36.4 Å². The summed E-state index contributed by atoms with van der Waals surface area (Å²) in [4.78, 5) is 14.6. The number of hydrogen-bond donors (Lipinski definition) is 1.